The Morgan fingerprint density at radius 1 is 1.16 bits per heavy atom. The van der Waals surface area contributed by atoms with Crippen molar-refractivity contribution in [3.63, 3.8) is 0 Å². The Labute approximate surface area is 260 Å². The van der Waals surface area contributed by atoms with Crippen LogP contribution in [0, 0.1) is 17.3 Å². The highest BCUT2D eigenvalue weighted by molar-refractivity contribution is 7.84. The Hall–Kier alpha value is -4.27. The monoisotopic (exact) mass is 614 g/mol. The third-order valence-corrected chi connectivity index (χ3v) is 9.59. The second kappa shape index (κ2) is 12.8. The average Bonchev–Trinajstić information content (AvgIpc) is 3.27. The number of nitrogens with one attached hydrogen (secondary N) is 2. The summed E-state index contributed by atoms with van der Waals surface area (Å²) in [5.74, 6) is 5.94. The van der Waals surface area contributed by atoms with Crippen molar-refractivity contribution in [2.45, 2.75) is 57.7 Å². The van der Waals surface area contributed by atoms with Crippen molar-refractivity contribution in [2.24, 2.45) is 11.1 Å². The van der Waals surface area contributed by atoms with Crippen LogP contribution in [0.5, 0.6) is 5.75 Å². The number of amides is 2. The summed E-state index contributed by atoms with van der Waals surface area (Å²) < 4.78 is 22.0. The number of primary amides is 1. The fourth-order valence-electron chi connectivity index (χ4n) is 5.84. The molecule has 3 aromatic rings. The van der Waals surface area contributed by atoms with Gasteiger partial charge in [-0.3, -0.25) is 9.59 Å². The normalized spacial score (nSPS) is 17.7. The van der Waals surface area contributed by atoms with E-state index >= 15 is 0 Å². The molecular weight excluding hydrogens is 576 g/mol. The van der Waals surface area contributed by atoms with Gasteiger partial charge in [0.05, 0.1) is 28.0 Å². The Morgan fingerprint density at radius 3 is 2.61 bits per heavy atom. The summed E-state index contributed by atoms with van der Waals surface area (Å²) in [6.45, 7) is 8.75. The van der Waals surface area contributed by atoms with Crippen LogP contribution < -0.4 is 25.4 Å². The van der Waals surface area contributed by atoms with E-state index in [-0.39, 0.29) is 34.4 Å². The number of carbonyl (C=O) groups is 2. The maximum atomic E-state index is 13.2. The van der Waals surface area contributed by atoms with Gasteiger partial charge in [-0.25, -0.2) is 18.9 Å². The minimum absolute atomic E-state index is 0.0321. The van der Waals surface area contributed by atoms with Crippen LogP contribution in [0.15, 0.2) is 54.7 Å². The number of ether oxygens (including phenoxy) is 1. The average molecular weight is 615 g/mol. The van der Waals surface area contributed by atoms with E-state index in [0.717, 1.165) is 19.3 Å². The van der Waals surface area contributed by atoms with Crippen LogP contribution in [0.25, 0.3) is 0 Å². The van der Waals surface area contributed by atoms with E-state index in [1.807, 2.05) is 26.8 Å². The topological polar surface area (TPSA) is 140 Å². The number of hydrogen-bond donors (Lipinski definition) is 3. The summed E-state index contributed by atoms with van der Waals surface area (Å²) in [4.78, 5) is 34.8. The molecule has 1 saturated heterocycles. The van der Waals surface area contributed by atoms with Gasteiger partial charge in [-0.1, -0.05) is 36.3 Å². The van der Waals surface area contributed by atoms with Crippen LogP contribution >= 0.6 is 0 Å². The molecule has 1 fully saturated rings. The third-order valence-electron chi connectivity index (χ3n) is 8.03. The summed E-state index contributed by atoms with van der Waals surface area (Å²) in [5, 5.41) is 2.71. The Balaban J connectivity index is 1.28. The molecule has 1 spiro atoms. The summed E-state index contributed by atoms with van der Waals surface area (Å²) in [6.07, 6.45) is 4.09. The van der Waals surface area contributed by atoms with Gasteiger partial charge < -0.3 is 20.7 Å². The van der Waals surface area contributed by atoms with E-state index in [1.165, 1.54) is 18.1 Å². The van der Waals surface area contributed by atoms with Crippen molar-refractivity contribution in [3.05, 3.63) is 77.2 Å². The highest BCUT2D eigenvalue weighted by atomic mass is 32.2. The lowest BCUT2D eigenvalue weighted by atomic mass is 9.73. The maximum Gasteiger partial charge on any atom is 0.271 e. The number of piperidine rings is 1. The first-order valence-corrected chi connectivity index (χ1v) is 15.8. The third kappa shape index (κ3) is 6.93. The van der Waals surface area contributed by atoms with Gasteiger partial charge in [-0.05, 0) is 74.6 Å². The fraction of sp³-hybridized carbons (Fsp3) is 0.394. The van der Waals surface area contributed by atoms with Crippen LogP contribution in [0.4, 0.5) is 11.5 Å². The Morgan fingerprint density at radius 2 is 1.91 bits per heavy atom. The molecule has 1 aromatic heterocycles. The van der Waals surface area contributed by atoms with Crippen molar-refractivity contribution < 1.29 is 18.5 Å². The molecule has 2 atom stereocenters. The van der Waals surface area contributed by atoms with E-state index < -0.39 is 16.9 Å². The van der Waals surface area contributed by atoms with Crippen LogP contribution in [-0.4, -0.2) is 50.4 Å². The quantitative estimate of drug-likeness (QED) is 0.343. The molecular formula is C33H38N6O4S. The molecule has 2 aliphatic rings. The first-order chi connectivity index (χ1) is 20.9. The second-order valence-corrected chi connectivity index (χ2v) is 14.2. The summed E-state index contributed by atoms with van der Waals surface area (Å²) >= 11 is 0. The van der Waals surface area contributed by atoms with Gasteiger partial charge in [-0.15, -0.1) is 0 Å². The number of anilines is 2. The SMILES string of the molecule is CC(=O)Nc1cccc(OCC#Cc2cnc(N3CCC4(CC3)Cc3ccccc3[C@H]4NS(=O)C(C)(C)C)c(C(N)=O)n2)c1. The molecule has 10 nitrogen and oxygen atoms in total. The smallest absolute Gasteiger partial charge is 0.271 e. The van der Waals surface area contributed by atoms with E-state index in [9.17, 15) is 13.8 Å². The molecule has 2 aromatic carbocycles. The lowest BCUT2D eigenvalue weighted by Gasteiger charge is -2.44. The second-order valence-electron chi connectivity index (χ2n) is 12.2. The molecule has 0 saturated carbocycles. The predicted molar refractivity (Wildman–Crippen MR) is 171 cm³/mol. The van der Waals surface area contributed by atoms with Crippen molar-refractivity contribution in [2.75, 3.05) is 29.9 Å². The maximum absolute atomic E-state index is 13.2. The summed E-state index contributed by atoms with van der Waals surface area (Å²) in [7, 11) is -1.22. The summed E-state index contributed by atoms with van der Waals surface area (Å²) in [5.41, 5.74) is 9.16. The highest BCUT2D eigenvalue weighted by Gasteiger charge is 2.49. The van der Waals surface area contributed by atoms with Gasteiger partial charge >= 0.3 is 0 Å². The molecule has 1 unspecified atom stereocenters. The van der Waals surface area contributed by atoms with E-state index in [1.54, 1.807) is 30.5 Å². The molecule has 44 heavy (non-hydrogen) atoms. The first-order valence-electron chi connectivity index (χ1n) is 14.6. The summed E-state index contributed by atoms with van der Waals surface area (Å²) in [6, 6.07) is 15.4. The van der Waals surface area contributed by atoms with E-state index in [0.29, 0.717) is 36.0 Å². The molecule has 0 bridgehead atoms. The van der Waals surface area contributed by atoms with E-state index in [2.05, 4.69) is 54.9 Å². The number of carbonyl (C=O) groups excluding carboxylic acids is 2. The molecule has 230 valence electrons. The number of hydrogen-bond acceptors (Lipinski definition) is 7. The zero-order valence-electron chi connectivity index (χ0n) is 25.5. The Bertz CT molecular complexity index is 1650. The lowest BCUT2D eigenvalue weighted by Crippen LogP contribution is -2.48. The largest absolute Gasteiger partial charge is 0.481 e. The minimum Gasteiger partial charge on any atom is -0.481 e. The molecule has 1 aliphatic heterocycles. The van der Waals surface area contributed by atoms with Gasteiger partial charge in [0.25, 0.3) is 5.91 Å². The van der Waals surface area contributed by atoms with Crippen molar-refractivity contribution >= 4 is 34.3 Å². The van der Waals surface area contributed by atoms with Gasteiger partial charge in [-0.2, -0.15) is 0 Å². The van der Waals surface area contributed by atoms with Crippen molar-refractivity contribution in [1.29, 1.82) is 0 Å². The molecule has 2 amide bonds. The Kier molecular flexibility index (Phi) is 9.04. The van der Waals surface area contributed by atoms with Gasteiger partial charge in [0.1, 0.15) is 18.1 Å². The van der Waals surface area contributed by atoms with Crippen molar-refractivity contribution in [1.82, 2.24) is 14.7 Å². The first kappa shape index (κ1) is 31.2. The standard InChI is InChI=1S/C33H38N6O4S/c1-22(40)36-24-10-7-12-26(19-24)43-18-8-11-25-21-35-31(28(37-25)30(34)41)39-16-14-33(15-17-39)20-23-9-5-6-13-27(23)29(33)38-44(42)32(2,3)4/h5-7,9-10,12-13,19,21,29,38H,14-18,20H2,1-4H3,(H2,34,41)(H,36,40)/t29-,44?/m1/s1. The van der Waals surface area contributed by atoms with Crippen LogP contribution in [0.2, 0.25) is 0 Å². The molecule has 4 N–H and O–H groups in total. The van der Waals surface area contributed by atoms with Gasteiger partial charge in [0.15, 0.2) is 11.5 Å². The van der Waals surface area contributed by atoms with E-state index in [4.69, 9.17) is 10.5 Å². The number of aromatic nitrogens is 2. The van der Waals surface area contributed by atoms with Crippen LogP contribution in [0.3, 0.4) is 0 Å². The number of benzene rings is 2. The zero-order chi connectivity index (χ0) is 31.5. The van der Waals surface area contributed by atoms with Gasteiger partial charge in [0, 0.05) is 31.8 Å². The molecule has 5 rings (SSSR count). The minimum atomic E-state index is -1.22. The van der Waals surface area contributed by atoms with Crippen LogP contribution in [0.1, 0.15) is 73.9 Å². The number of nitrogens with two attached hydrogens (primary N) is 1. The van der Waals surface area contributed by atoms with Crippen LogP contribution in [-0.2, 0) is 22.2 Å². The zero-order valence-corrected chi connectivity index (χ0v) is 26.3. The molecule has 11 heteroatoms. The fourth-order valence-corrected chi connectivity index (χ4v) is 6.79. The predicted octanol–water partition coefficient (Wildman–Crippen LogP) is 3.90. The van der Waals surface area contributed by atoms with Gasteiger partial charge in [0.2, 0.25) is 5.91 Å². The lowest BCUT2D eigenvalue weighted by molar-refractivity contribution is -0.114. The molecule has 1 aliphatic carbocycles. The highest BCUT2D eigenvalue weighted by Crippen LogP contribution is 2.52. The number of rotatable bonds is 7. The number of nitrogens with zero attached hydrogens (tertiary/aromatic N) is 3. The van der Waals surface area contributed by atoms with Crippen molar-refractivity contribution in [3.8, 4) is 17.6 Å². The molecule has 2 heterocycles. The molecule has 0 radical (unpaired) electrons. The number of fused-ring (bicyclic) bond motifs is 1.